The normalized spacial score (nSPS) is 21.8. The minimum Gasteiger partial charge on any atom is -0.388 e. The molecule has 112 valence electrons. The van der Waals surface area contributed by atoms with E-state index in [1.807, 2.05) is 6.92 Å². The van der Waals surface area contributed by atoms with Crippen LogP contribution in [0.25, 0.3) is 5.95 Å². The molecule has 21 heavy (non-hydrogen) atoms. The molecule has 0 spiro atoms. The molecular weight excluding hydrogens is 274 g/mol. The largest absolute Gasteiger partial charge is 0.388 e. The second kappa shape index (κ2) is 5.62. The maximum atomic E-state index is 9.66. The van der Waals surface area contributed by atoms with E-state index in [4.69, 9.17) is 0 Å². The van der Waals surface area contributed by atoms with Crippen molar-refractivity contribution in [3.05, 3.63) is 18.7 Å². The fourth-order valence-electron chi connectivity index (χ4n) is 2.16. The van der Waals surface area contributed by atoms with Crippen LogP contribution in [0.4, 0.5) is 11.9 Å². The molecule has 9 nitrogen and oxygen atoms in total. The number of imidazole rings is 1. The summed E-state index contributed by atoms with van der Waals surface area (Å²) < 4.78 is 1.68. The second-order valence-corrected chi connectivity index (χ2v) is 4.80. The Balaban J connectivity index is 1.96. The Bertz CT molecular complexity index is 594. The SMILES string of the molecule is CCNc1nc(N2CC(O)C(O)C2)nc(-n2ccnc2)n1. The van der Waals surface area contributed by atoms with E-state index in [1.54, 1.807) is 28.2 Å². The Morgan fingerprint density at radius 3 is 2.52 bits per heavy atom. The molecule has 2 unspecified atom stereocenters. The quantitative estimate of drug-likeness (QED) is 0.659. The van der Waals surface area contributed by atoms with Crippen LogP contribution in [0.1, 0.15) is 6.92 Å². The Morgan fingerprint density at radius 1 is 1.19 bits per heavy atom. The van der Waals surface area contributed by atoms with Crippen molar-refractivity contribution in [3.63, 3.8) is 0 Å². The lowest BCUT2D eigenvalue weighted by molar-refractivity contribution is 0.0572. The van der Waals surface area contributed by atoms with E-state index in [2.05, 4.69) is 25.3 Å². The minimum absolute atomic E-state index is 0.292. The Kier molecular flexibility index (Phi) is 3.67. The fourth-order valence-corrected chi connectivity index (χ4v) is 2.16. The van der Waals surface area contributed by atoms with Crippen molar-refractivity contribution in [2.45, 2.75) is 19.1 Å². The first kappa shape index (κ1) is 13.7. The van der Waals surface area contributed by atoms with Gasteiger partial charge in [0.1, 0.15) is 6.33 Å². The number of aromatic nitrogens is 5. The summed E-state index contributed by atoms with van der Waals surface area (Å²) in [5, 5.41) is 22.4. The molecule has 0 aliphatic carbocycles. The van der Waals surface area contributed by atoms with Gasteiger partial charge in [0.25, 0.3) is 0 Å². The van der Waals surface area contributed by atoms with E-state index < -0.39 is 12.2 Å². The van der Waals surface area contributed by atoms with Crippen LogP contribution in [0.5, 0.6) is 0 Å². The molecule has 0 radical (unpaired) electrons. The molecule has 0 bridgehead atoms. The second-order valence-electron chi connectivity index (χ2n) is 4.80. The number of aliphatic hydroxyl groups is 2. The van der Waals surface area contributed by atoms with Gasteiger partial charge in [-0.15, -0.1) is 0 Å². The molecule has 0 amide bonds. The molecule has 1 aliphatic rings. The molecule has 1 saturated heterocycles. The number of anilines is 2. The van der Waals surface area contributed by atoms with Crippen molar-refractivity contribution < 1.29 is 10.2 Å². The van der Waals surface area contributed by atoms with Gasteiger partial charge in [0.15, 0.2) is 0 Å². The zero-order chi connectivity index (χ0) is 14.8. The summed E-state index contributed by atoms with van der Waals surface area (Å²) in [6, 6.07) is 0. The Hall–Kier alpha value is -2.26. The molecule has 1 aliphatic heterocycles. The van der Waals surface area contributed by atoms with Crippen molar-refractivity contribution >= 4 is 11.9 Å². The summed E-state index contributed by atoms with van der Waals surface area (Å²) in [6.45, 7) is 3.21. The first-order chi connectivity index (χ1) is 10.2. The highest BCUT2D eigenvalue weighted by Crippen LogP contribution is 2.19. The number of rotatable bonds is 4. The van der Waals surface area contributed by atoms with Gasteiger partial charge in [-0.2, -0.15) is 15.0 Å². The summed E-state index contributed by atoms with van der Waals surface area (Å²) >= 11 is 0. The third-order valence-corrected chi connectivity index (χ3v) is 3.22. The van der Waals surface area contributed by atoms with Gasteiger partial charge < -0.3 is 20.4 Å². The molecule has 3 rings (SSSR count). The molecule has 3 heterocycles. The molecular formula is C12H17N7O2. The van der Waals surface area contributed by atoms with Crippen LogP contribution < -0.4 is 10.2 Å². The van der Waals surface area contributed by atoms with E-state index >= 15 is 0 Å². The van der Waals surface area contributed by atoms with E-state index in [0.29, 0.717) is 37.5 Å². The van der Waals surface area contributed by atoms with Gasteiger partial charge in [-0.05, 0) is 6.92 Å². The molecule has 1 fully saturated rings. The van der Waals surface area contributed by atoms with Crippen LogP contribution in [0, 0.1) is 0 Å². The van der Waals surface area contributed by atoms with Crippen LogP contribution in [-0.4, -0.2) is 66.6 Å². The highest BCUT2D eigenvalue weighted by Gasteiger charge is 2.31. The molecule has 9 heteroatoms. The first-order valence-electron chi connectivity index (χ1n) is 6.76. The Labute approximate surface area is 121 Å². The number of nitrogens with zero attached hydrogens (tertiary/aromatic N) is 6. The van der Waals surface area contributed by atoms with Gasteiger partial charge in [0.05, 0.1) is 12.2 Å². The van der Waals surface area contributed by atoms with E-state index in [1.165, 1.54) is 0 Å². The van der Waals surface area contributed by atoms with Crippen LogP contribution >= 0.6 is 0 Å². The predicted molar refractivity (Wildman–Crippen MR) is 75.3 cm³/mol. The van der Waals surface area contributed by atoms with Crippen molar-refractivity contribution in [1.29, 1.82) is 0 Å². The summed E-state index contributed by atoms with van der Waals surface area (Å²) in [5.41, 5.74) is 0. The zero-order valence-corrected chi connectivity index (χ0v) is 11.6. The topological polar surface area (TPSA) is 112 Å². The molecule has 3 N–H and O–H groups in total. The van der Waals surface area contributed by atoms with Crippen molar-refractivity contribution in [3.8, 4) is 5.95 Å². The van der Waals surface area contributed by atoms with Gasteiger partial charge in [-0.1, -0.05) is 0 Å². The number of nitrogens with one attached hydrogen (secondary N) is 1. The van der Waals surface area contributed by atoms with Crippen LogP contribution in [0.3, 0.4) is 0 Å². The average molecular weight is 291 g/mol. The summed E-state index contributed by atoms with van der Waals surface area (Å²) in [4.78, 5) is 18.7. The molecule has 2 aromatic rings. The first-order valence-corrected chi connectivity index (χ1v) is 6.76. The molecule has 2 aromatic heterocycles. The van der Waals surface area contributed by atoms with Gasteiger partial charge in [0, 0.05) is 32.0 Å². The summed E-state index contributed by atoms with van der Waals surface area (Å²) in [6.07, 6.45) is 3.40. The fraction of sp³-hybridized carbons (Fsp3) is 0.500. The number of hydrogen-bond acceptors (Lipinski definition) is 8. The summed E-state index contributed by atoms with van der Waals surface area (Å²) in [7, 11) is 0. The number of hydrogen-bond donors (Lipinski definition) is 3. The minimum atomic E-state index is -0.791. The smallest absolute Gasteiger partial charge is 0.241 e. The molecule has 0 aromatic carbocycles. The van der Waals surface area contributed by atoms with Gasteiger partial charge in [0.2, 0.25) is 17.8 Å². The number of β-amino-alcohol motifs (C(OH)–C–C–N with tert-alkyl or cyclic N) is 2. The summed E-state index contributed by atoms with van der Waals surface area (Å²) in [5.74, 6) is 1.30. The Morgan fingerprint density at radius 2 is 1.90 bits per heavy atom. The number of aliphatic hydroxyl groups excluding tert-OH is 2. The van der Waals surface area contributed by atoms with Crippen molar-refractivity contribution in [2.24, 2.45) is 0 Å². The van der Waals surface area contributed by atoms with E-state index in [-0.39, 0.29) is 0 Å². The highest BCUT2D eigenvalue weighted by atomic mass is 16.3. The van der Waals surface area contributed by atoms with Crippen LogP contribution in [0.15, 0.2) is 18.7 Å². The van der Waals surface area contributed by atoms with Gasteiger partial charge in [-0.3, -0.25) is 4.57 Å². The van der Waals surface area contributed by atoms with E-state index in [0.717, 1.165) is 0 Å². The lowest BCUT2D eigenvalue weighted by atomic mass is 10.3. The van der Waals surface area contributed by atoms with Gasteiger partial charge >= 0.3 is 0 Å². The predicted octanol–water partition coefficient (Wildman–Crippen LogP) is -0.969. The molecule has 0 saturated carbocycles. The van der Waals surface area contributed by atoms with Crippen molar-refractivity contribution in [1.82, 2.24) is 24.5 Å². The third kappa shape index (κ3) is 2.78. The maximum absolute atomic E-state index is 9.66. The monoisotopic (exact) mass is 291 g/mol. The lowest BCUT2D eigenvalue weighted by Crippen LogP contribution is -2.25. The molecule has 2 atom stereocenters. The maximum Gasteiger partial charge on any atom is 0.241 e. The van der Waals surface area contributed by atoms with Crippen molar-refractivity contribution in [2.75, 3.05) is 29.9 Å². The van der Waals surface area contributed by atoms with E-state index in [9.17, 15) is 10.2 Å². The average Bonchev–Trinajstić information content (AvgIpc) is 3.10. The van der Waals surface area contributed by atoms with Crippen LogP contribution in [0.2, 0.25) is 0 Å². The standard InChI is InChI=1S/C12H17N7O2/c1-2-14-10-15-11(18-4-3-13-7-18)17-12(16-10)19-5-8(20)9(21)6-19/h3-4,7-9,20-21H,2,5-6H2,1H3,(H,14,15,16,17). The highest BCUT2D eigenvalue weighted by molar-refractivity contribution is 5.41. The third-order valence-electron chi connectivity index (χ3n) is 3.22. The van der Waals surface area contributed by atoms with Crippen LogP contribution in [-0.2, 0) is 0 Å². The van der Waals surface area contributed by atoms with Gasteiger partial charge in [-0.25, -0.2) is 4.98 Å². The zero-order valence-electron chi connectivity index (χ0n) is 11.6. The lowest BCUT2D eigenvalue weighted by Gasteiger charge is -2.16.